The van der Waals surface area contributed by atoms with Crippen LogP contribution in [-0.2, 0) is 9.53 Å². The van der Waals surface area contributed by atoms with E-state index in [1.54, 1.807) is 0 Å². The summed E-state index contributed by atoms with van der Waals surface area (Å²) >= 11 is 0. The van der Waals surface area contributed by atoms with Gasteiger partial charge in [-0.15, -0.1) is 0 Å². The van der Waals surface area contributed by atoms with E-state index in [4.69, 9.17) is 4.74 Å². The molecule has 1 atom stereocenters. The van der Waals surface area contributed by atoms with Gasteiger partial charge in [0.25, 0.3) is 0 Å². The zero-order chi connectivity index (χ0) is 10.5. The van der Waals surface area contributed by atoms with Crippen molar-refractivity contribution in [3.05, 3.63) is 0 Å². The number of esters is 1. The summed E-state index contributed by atoms with van der Waals surface area (Å²) in [6.45, 7) is 8.82. The van der Waals surface area contributed by atoms with E-state index in [9.17, 15) is 4.79 Å². The molecule has 13 heavy (non-hydrogen) atoms. The maximum atomic E-state index is 11.1. The molecular weight excluding hydrogens is 166 g/mol. The number of rotatable bonds is 4. The summed E-state index contributed by atoms with van der Waals surface area (Å²) in [7, 11) is 0. The number of quaternary nitrogens is 1. The van der Waals surface area contributed by atoms with Gasteiger partial charge in [-0.3, -0.25) is 4.79 Å². The highest BCUT2D eigenvalue weighted by Crippen LogP contribution is 2.17. The van der Waals surface area contributed by atoms with E-state index in [0.29, 0.717) is 13.0 Å². The lowest BCUT2D eigenvalue weighted by Crippen LogP contribution is -2.59. The highest BCUT2D eigenvalue weighted by molar-refractivity contribution is 5.69. The summed E-state index contributed by atoms with van der Waals surface area (Å²) in [5.41, 5.74) is 3.97. The first-order chi connectivity index (χ1) is 5.81. The molecule has 3 N–H and O–H groups in total. The highest BCUT2D eigenvalue weighted by atomic mass is 16.5. The molecule has 0 spiro atoms. The van der Waals surface area contributed by atoms with Crippen LogP contribution >= 0.6 is 0 Å². The lowest BCUT2D eigenvalue weighted by Gasteiger charge is -2.17. The van der Waals surface area contributed by atoms with Gasteiger partial charge in [0.1, 0.15) is 0 Å². The van der Waals surface area contributed by atoms with Gasteiger partial charge >= 0.3 is 5.97 Å². The molecule has 0 saturated carbocycles. The molecule has 0 aromatic rings. The molecule has 0 radical (unpaired) electrons. The predicted molar refractivity (Wildman–Crippen MR) is 52.0 cm³/mol. The van der Waals surface area contributed by atoms with Gasteiger partial charge in [0.2, 0.25) is 0 Å². The van der Waals surface area contributed by atoms with Crippen LogP contribution in [0.4, 0.5) is 0 Å². The van der Waals surface area contributed by atoms with Crippen LogP contribution in [-0.4, -0.2) is 18.6 Å². The zero-order valence-corrected chi connectivity index (χ0v) is 9.22. The Morgan fingerprint density at radius 3 is 2.38 bits per heavy atom. The highest BCUT2D eigenvalue weighted by Gasteiger charge is 2.12. The molecule has 0 aliphatic carbocycles. The lowest BCUT2D eigenvalue weighted by atomic mass is 9.93. The van der Waals surface area contributed by atoms with Crippen molar-refractivity contribution in [2.75, 3.05) is 6.61 Å². The van der Waals surface area contributed by atoms with E-state index in [1.807, 2.05) is 6.92 Å². The summed E-state index contributed by atoms with van der Waals surface area (Å²) < 4.78 is 5.05. The van der Waals surface area contributed by atoms with Crippen LogP contribution in [0.3, 0.4) is 0 Å². The minimum Gasteiger partial charge on any atom is -0.465 e. The molecule has 0 fully saturated rings. The van der Waals surface area contributed by atoms with Gasteiger partial charge in [0.15, 0.2) is 0 Å². The van der Waals surface area contributed by atoms with Crippen molar-refractivity contribution in [1.29, 1.82) is 0 Å². The molecule has 1 unspecified atom stereocenters. The Hall–Kier alpha value is -0.570. The van der Waals surface area contributed by atoms with Crippen molar-refractivity contribution in [2.45, 2.75) is 46.6 Å². The summed E-state index contributed by atoms with van der Waals surface area (Å²) in [6.07, 6.45) is 1.33. The Morgan fingerprint density at radius 2 is 2.00 bits per heavy atom. The average Bonchev–Trinajstić information content (AvgIpc) is 1.81. The number of hydrogen-bond acceptors (Lipinski definition) is 2. The van der Waals surface area contributed by atoms with Crippen LogP contribution < -0.4 is 5.73 Å². The monoisotopic (exact) mass is 188 g/mol. The van der Waals surface area contributed by atoms with Crippen LogP contribution in [0, 0.1) is 5.41 Å². The minimum absolute atomic E-state index is 0.133. The fourth-order valence-corrected chi connectivity index (χ4v) is 0.814. The molecular formula is C10H22NO2+. The fourth-order valence-electron chi connectivity index (χ4n) is 0.814. The standard InChI is InChI=1S/C10H21NO2/c1-8(11)7-9(12)13-6-5-10(2,3)4/h8H,5-7,11H2,1-4H3/p+1. The fraction of sp³-hybridized carbons (Fsp3) is 0.900. The van der Waals surface area contributed by atoms with E-state index in [2.05, 4.69) is 26.5 Å². The average molecular weight is 188 g/mol. The zero-order valence-electron chi connectivity index (χ0n) is 9.22. The first-order valence-corrected chi connectivity index (χ1v) is 4.80. The molecule has 3 heteroatoms. The SMILES string of the molecule is CC([NH3+])CC(=O)OCCC(C)(C)C. The van der Waals surface area contributed by atoms with E-state index < -0.39 is 0 Å². The van der Waals surface area contributed by atoms with Crippen molar-refractivity contribution in [3.8, 4) is 0 Å². The van der Waals surface area contributed by atoms with Crippen molar-refractivity contribution in [2.24, 2.45) is 5.41 Å². The summed E-state index contributed by atoms with van der Waals surface area (Å²) in [6, 6.07) is 0.141. The smallest absolute Gasteiger partial charge is 0.311 e. The first kappa shape index (κ1) is 12.4. The van der Waals surface area contributed by atoms with Gasteiger partial charge in [0, 0.05) is 0 Å². The third-order valence-electron chi connectivity index (χ3n) is 1.63. The van der Waals surface area contributed by atoms with Crippen LogP contribution in [0.1, 0.15) is 40.5 Å². The topological polar surface area (TPSA) is 53.9 Å². The van der Waals surface area contributed by atoms with Gasteiger partial charge in [0.05, 0.1) is 19.1 Å². The summed E-state index contributed by atoms with van der Waals surface area (Å²) in [5, 5.41) is 0. The second kappa shape index (κ2) is 5.22. The van der Waals surface area contributed by atoms with Gasteiger partial charge in [-0.2, -0.15) is 0 Å². The maximum Gasteiger partial charge on any atom is 0.311 e. The summed E-state index contributed by atoms with van der Waals surface area (Å²) in [5.74, 6) is -0.133. The Morgan fingerprint density at radius 1 is 1.46 bits per heavy atom. The molecule has 0 aromatic carbocycles. The summed E-state index contributed by atoms with van der Waals surface area (Å²) in [4.78, 5) is 11.1. The Bertz CT molecular complexity index is 159. The van der Waals surface area contributed by atoms with Gasteiger partial charge in [-0.25, -0.2) is 0 Å². The second-order valence-corrected chi connectivity index (χ2v) is 4.84. The third-order valence-corrected chi connectivity index (χ3v) is 1.63. The van der Waals surface area contributed by atoms with E-state index in [-0.39, 0.29) is 17.4 Å². The van der Waals surface area contributed by atoms with Crippen LogP contribution in [0.15, 0.2) is 0 Å². The third kappa shape index (κ3) is 9.34. The van der Waals surface area contributed by atoms with Crippen LogP contribution in [0.5, 0.6) is 0 Å². The van der Waals surface area contributed by atoms with Crippen LogP contribution in [0.25, 0.3) is 0 Å². The number of hydrogen-bond donors (Lipinski definition) is 1. The molecule has 78 valence electrons. The molecule has 0 amide bonds. The Labute approximate surface area is 80.6 Å². The Balaban J connectivity index is 3.49. The molecule has 0 aliphatic rings. The van der Waals surface area contributed by atoms with E-state index in [1.165, 1.54) is 0 Å². The van der Waals surface area contributed by atoms with Crippen LogP contribution in [0.2, 0.25) is 0 Å². The molecule has 0 heterocycles. The Kier molecular flexibility index (Phi) is 4.99. The van der Waals surface area contributed by atoms with Gasteiger partial charge in [-0.05, 0) is 18.8 Å². The number of ether oxygens (including phenoxy) is 1. The van der Waals surface area contributed by atoms with Crippen molar-refractivity contribution < 1.29 is 15.3 Å². The predicted octanol–water partition coefficient (Wildman–Crippen LogP) is 0.986. The van der Waals surface area contributed by atoms with E-state index >= 15 is 0 Å². The normalized spacial score (nSPS) is 13.9. The molecule has 0 bridgehead atoms. The molecule has 0 aromatic heterocycles. The van der Waals surface area contributed by atoms with Crippen molar-refractivity contribution >= 4 is 5.97 Å². The maximum absolute atomic E-state index is 11.1. The van der Waals surface area contributed by atoms with Crippen molar-refractivity contribution in [1.82, 2.24) is 0 Å². The van der Waals surface area contributed by atoms with Crippen molar-refractivity contribution in [3.63, 3.8) is 0 Å². The van der Waals surface area contributed by atoms with E-state index in [0.717, 1.165) is 6.42 Å². The minimum atomic E-state index is -0.133. The quantitative estimate of drug-likeness (QED) is 0.669. The molecule has 0 saturated heterocycles. The largest absolute Gasteiger partial charge is 0.465 e. The lowest BCUT2D eigenvalue weighted by molar-refractivity contribution is -0.413. The molecule has 3 nitrogen and oxygen atoms in total. The molecule has 0 aliphatic heterocycles. The number of carbonyl (C=O) groups excluding carboxylic acids is 1. The first-order valence-electron chi connectivity index (χ1n) is 4.80. The van der Waals surface area contributed by atoms with Gasteiger partial charge in [-0.1, -0.05) is 20.8 Å². The van der Waals surface area contributed by atoms with Gasteiger partial charge < -0.3 is 10.5 Å². The molecule has 0 rings (SSSR count). The second-order valence-electron chi connectivity index (χ2n) is 4.84. The number of carbonyl (C=O) groups is 1.